The average Bonchev–Trinajstić information content (AvgIpc) is 3.07. The molecule has 1 aromatic heterocycles. The lowest BCUT2D eigenvalue weighted by Crippen LogP contribution is -2.31. The topological polar surface area (TPSA) is 30.3 Å². The quantitative estimate of drug-likeness (QED) is 0.646. The van der Waals surface area contributed by atoms with Gasteiger partial charge in [-0.25, -0.2) is 4.98 Å². The molecule has 0 radical (unpaired) electrons. The molecule has 0 unspecified atom stereocenters. The standard InChI is InChI=1S/C23H27N3O/c1-3-13-26-22-17-25(16-18-8-7-11-20(15-18)27-2)14-12-21(22)24-23(26)19-9-5-4-6-10-19/h4-11,15H,3,12-14,16-17H2,1-2H3. The molecule has 4 rings (SSSR count). The summed E-state index contributed by atoms with van der Waals surface area (Å²) in [6, 6.07) is 18.9. The average molecular weight is 361 g/mol. The Morgan fingerprint density at radius 2 is 1.93 bits per heavy atom. The van der Waals surface area contributed by atoms with Gasteiger partial charge in [0.15, 0.2) is 0 Å². The second kappa shape index (κ2) is 7.97. The van der Waals surface area contributed by atoms with Crippen LogP contribution >= 0.6 is 0 Å². The third kappa shape index (κ3) is 3.76. The molecule has 2 heterocycles. The molecule has 2 aromatic carbocycles. The molecule has 0 saturated heterocycles. The minimum Gasteiger partial charge on any atom is -0.497 e. The summed E-state index contributed by atoms with van der Waals surface area (Å²) in [7, 11) is 1.72. The van der Waals surface area contributed by atoms with Gasteiger partial charge in [0.05, 0.1) is 18.5 Å². The van der Waals surface area contributed by atoms with Crippen LogP contribution in [-0.4, -0.2) is 28.1 Å². The normalized spacial score (nSPS) is 14.1. The molecule has 0 fully saturated rings. The SMILES string of the molecule is CCCn1c(-c2ccccc2)nc2c1CN(Cc1cccc(OC)c1)CC2. The maximum Gasteiger partial charge on any atom is 0.140 e. The summed E-state index contributed by atoms with van der Waals surface area (Å²) in [5.74, 6) is 2.04. The van der Waals surface area contributed by atoms with Crippen LogP contribution in [0.2, 0.25) is 0 Å². The van der Waals surface area contributed by atoms with Gasteiger partial charge in [-0.15, -0.1) is 0 Å². The lowest BCUT2D eigenvalue weighted by Gasteiger charge is -2.27. The molecule has 0 N–H and O–H groups in total. The molecule has 0 atom stereocenters. The Labute approximate surface area is 161 Å². The summed E-state index contributed by atoms with van der Waals surface area (Å²) in [6.45, 7) is 6.18. The van der Waals surface area contributed by atoms with Gasteiger partial charge in [0.1, 0.15) is 11.6 Å². The van der Waals surface area contributed by atoms with E-state index in [2.05, 4.69) is 64.9 Å². The molecular weight excluding hydrogens is 334 g/mol. The first-order chi connectivity index (χ1) is 13.3. The second-order valence-electron chi connectivity index (χ2n) is 7.16. The van der Waals surface area contributed by atoms with E-state index in [-0.39, 0.29) is 0 Å². The number of benzene rings is 2. The highest BCUT2D eigenvalue weighted by Crippen LogP contribution is 2.28. The zero-order valence-electron chi connectivity index (χ0n) is 16.2. The van der Waals surface area contributed by atoms with Crippen molar-refractivity contribution in [2.24, 2.45) is 0 Å². The second-order valence-corrected chi connectivity index (χ2v) is 7.16. The van der Waals surface area contributed by atoms with Crippen molar-refractivity contribution in [2.45, 2.75) is 39.4 Å². The number of imidazole rings is 1. The van der Waals surface area contributed by atoms with Crippen LogP contribution in [0, 0.1) is 0 Å². The molecule has 4 heteroatoms. The molecule has 27 heavy (non-hydrogen) atoms. The molecule has 140 valence electrons. The van der Waals surface area contributed by atoms with E-state index in [4.69, 9.17) is 9.72 Å². The Hall–Kier alpha value is -2.59. The smallest absolute Gasteiger partial charge is 0.140 e. The van der Waals surface area contributed by atoms with Crippen molar-refractivity contribution in [3.63, 3.8) is 0 Å². The van der Waals surface area contributed by atoms with E-state index < -0.39 is 0 Å². The Bertz CT molecular complexity index is 901. The number of methoxy groups -OCH3 is 1. The lowest BCUT2D eigenvalue weighted by atomic mass is 10.1. The predicted octanol–water partition coefficient (Wildman–Crippen LogP) is 4.53. The summed E-state index contributed by atoms with van der Waals surface area (Å²) in [4.78, 5) is 7.54. The summed E-state index contributed by atoms with van der Waals surface area (Å²) in [5.41, 5.74) is 5.15. The third-order valence-electron chi connectivity index (χ3n) is 5.21. The zero-order valence-corrected chi connectivity index (χ0v) is 16.2. The lowest BCUT2D eigenvalue weighted by molar-refractivity contribution is 0.236. The van der Waals surface area contributed by atoms with Crippen molar-refractivity contribution in [3.8, 4) is 17.1 Å². The Balaban J connectivity index is 1.60. The largest absolute Gasteiger partial charge is 0.497 e. The van der Waals surface area contributed by atoms with Crippen LogP contribution in [0.1, 0.15) is 30.3 Å². The van der Waals surface area contributed by atoms with Gasteiger partial charge in [0.25, 0.3) is 0 Å². The van der Waals surface area contributed by atoms with Crippen molar-refractivity contribution in [3.05, 3.63) is 71.5 Å². The van der Waals surface area contributed by atoms with E-state index >= 15 is 0 Å². The highest BCUT2D eigenvalue weighted by atomic mass is 16.5. The highest BCUT2D eigenvalue weighted by molar-refractivity contribution is 5.57. The van der Waals surface area contributed by atoms with E-state index in [1.807, 2.05) is 6.07 Å². The molecule has 0 aliphatic carbocycles. The maximum atomic E-state index is 5.37. The van der Waals surface area contributed by atoms with Crippen molar-refractivity contribution in [1.82, 2.24) is 14.5 Å². The fourth-order valence-corrected chi connectivity index (χ4v) is 3.90. The van der Waals surface area contributed by atoms with E-state index in [1.54, 1.807) is 7.11 Å². The van der Waals surface area contributed by atoms with Crippen LogP contribution in [0.25, 0.3) is 11.4 Å². The number of fused-ring (bicyclic) bond motifs is 1. The van der Waals surface area contributed by atoms with Crippen LogP contribution in [0.5, 0.6) is 5.75 Å². The molecule has 1 aliphatic heterocycles. The first kappa shape index (κ1) is 17.8. The maximum absolute atomic E-state index is 5.37. The summed E-state index contributed by atoms with van der Waals surface area (Å²) in [5, 5.41) is 0. The molecule has 0 amide bonds. The van der Waals surface area contributed by atoms with Gasteiger partial charge in [-0.3, -0.25) is 4.90 Å². The third-order valence-corrected chi connectivity index (χ3v) is 5.21. The zero-order chi connectivity index (χ0) is 18.6. The number of nitrogens with zero attached hydrogens (tertiary/aromatic N) is 3. The van der Waals surface area contributed by atoms with Gasteiger partial charge in [-0.1, -0.05) is 49.4 Å². The number of aromatic nitrogens is 2. The van der Waals surface area contributed by atoms with Gasteiger partial charge in [-0.2, -0.15) is 0 Å². The Morgan fingerprint density at radius 1 is 1.07 bits per heavy atom. The molecule has 4 nitrogen and oxygen atoms in total. The minimum absolute atomic E-state index is 0.924. The van der Waals surface area contributed by atoms with Gasteiger partial charge >= 0.3 is 0 Å². The number of hydrogen-bond acceptors (Lipinski definition) is 3. The molecule has 0 saturated carbocycles. The minimum atomic E-state index is 0.924. The Kier molecular flexibility index (Phi) is 5.26. The van der Waals surface area contributed by atoms with Gasteiger partial charge < -0.3 is 9.30 Å². The van der Waals surface area contributed by atoms with Crippen molar-refractivity contribution < 1.29 is 4.74 Å². The first-order valence-electron chi connectivity index (χ1n) is 9.77. The predicted molar refractivity (Wildman–Crippen MR) is 109 cm³/mol. The van der Waals surface area contributed by atoms with E-state index in [1.165, 1.54) is 22.5 Å². The summed E-state index contributed by atoms with van der Waals surface area (Å²) >= 11 is 0. The van der Waals surface area contributed by atoms with Crippen LogP contribution in [0.3, 0.4) is 0 Å². The monoisotopic (exact) mass is 361 g/mol. The fourth-order valence-electron chi connectivity index (χ4n) is 3.90. The number of hydrogen-bond donors (Lipinski definition) is 0. The van der Waals surface area contributed by atoms with Gasteiger partial charge in [0, 0.05) is 38.2 Å². The van der Waals surface area contributed by atoms with Crippen LogP contribution in [0.4, 0.5) is 0 Å². The van der Waals surface area contributed by atoms with Crippen LogP contribution in [0.15, 0.2) is 54.6 Å². The van der Waals surface area contributed by atoms with Crippen molar-refractivity contribution in [1.29, 1.82) is 0 Å². The molecule has 1 aliphatic rings. The fraction of sp³-hybridized carbons (Fsp3) is 0.348. The van der Waals surface area contributed by atoms with E-state index in [0.717, 1.165) is 50.6 Å². The number of ether oxygens (including phenoxy) is 1. The van der Waals surface area contributed by atoms with Gasteiger partial charge in [-0.05, 0) is 24.1 Å². The summed E-state index contributed by atoms with van der Waals surface area (Å²) < 4.78 is 7.80. The molecule has 0 spiro atoms. The van der Waals surface area contributed by atoms with Crippen molar-refractivity contribution >= 4 is 0 Å². The van der Waals surface area contributed by atoms with E-state index in [0.29, 0.717) is 0 Å². The van der Waals surface area contributed by atoms with E-state index in [9.17, 15) is 0 Å². The summed E-state index contributed by atoms with van der Waals surface area (Å²) in [6.07, 6.45) is 2.12. The Morgan fingerprint density at radius 3 is 2.70 bits per heavy atom. The molecule has 0 bridgehead atoms. The van der Waals surface area contributed by atoms with Crippen LogP contribution in [-0.2, 0) is 26.1 Å². The van der Waals surface area contributed by atoms with Gasteiger partial charge in [0.2, 0.25) is 0 Å². The molecular formula is C23H27N3O. The first-order valence-corrected chi connectivity index (χ1v) is 9.77. The molecule has 3 aromatic rings. The highest BCUT2D eigenvalue weighted by Gasteiger charge is 2.24. The van der Waals surface area contributed by atoms with Crippen LogP contribution < -0.4 is 4.74 Å². The number of rotatable bonds is 6. The van der Waals surface area contributed by atoms with Crippen molar-refractivity contribution in [2.75, 3.05) is 13.7 Å².